The molecule has 78 valence electrons. The van der Waals surface area contributed by atoms with Crippen molar-refractivity contribution in [2.45, 2.75) is 0 Å². The van der Waals surface area contributed by atoms with Gasteiger partial charge in [-0.25, -0.2) is 4.98 Å². The molecular weight excluding hydrogens is 315 g/mol. The molecule has 1 N–H and O–H groups in total. The number of hydrogen-bond acceptors (Lipinski definition) is 3. The van der Waals surface area contributed by atoms with E-state index in [1.54, 1.807) is 12.4 Å². The Hall–Kier alpha value is -1.50. The van der Waals surface area contributed by atoms with Gasteiger partial charge in [0.05, 0.1) is 29.1 Å². The predicted molar refractivity (Wildman–Crippen MR) is 69.8 cm³/mol. The lowest BCUT2D eigenvalue weighted by Crippen LogP contribution is -1.88. The van der Waals surface area contributed by atoms with Crippen LogP contribution in [0.1, 0.15) is 0 Å². The molecule has 0 bridgehead atoms. The Morgan fingerprint density at radius 3 is 2.88 bits per heavy atom. The third-order valence-corrected chi connectivity index (χ3v) is 2.97. The molecule has 0 saturated heterocycles. The van der Waals surface area contributed by atoms with Crippen LogP contribution in [0.2, 0.25) is 0 Å². The molecule has 0 spiro atoms. The molecule has 0 saturated carbocycles. The molecule has 3 aromatic rings. The smallest absolute Gasteiger partial charge is 0.0924 e. The van der Waals surface area contributed by atoms with Crippen LogP contribution in [0.25, 0.3) is 22.3 Å². The SMILES string of the molecule is Ic1ccc2ncc(-c3cn[nH]c3)nc2c1. The third-order valence-electron chi connectivity index (χ3n) is 2.30. The Balaban J connectivity index is 2.22. The summed E-state index contributed by atoms with van der Waals surface area (Å²) in [6.07, 6.45) is 5.31. The Labute approximate surface area is 105 Å². The van der Waals surface area contributed by atoms with Crippen LogP contribution in [0, 0.1) is 3.57 Å². The number of rotatable bonds is 1. The van der Waals surface area contributed by atoms with Gasteiger partial charge in [-0.15, -0.1) is 0 Å². The summed E-state index contributed by atoms with van der Waals surface area (Å²) in [5.74, 6) is 0. The van der Waals surface area contributed by atoms with Crippen molar-refractivity contribution in [1.29, 1.82) is 0 Å². The first-order valence-electron chi connectivity index (χ1n) is 4.74. The fraction of sp³-hybridized carbons (Fsp3) is 0. The van der Waals surface area contributed by atoms with Gasteiger partial charge in [0.15, 0.2) is 0 Å². The molecule has 2 aromatic heterocycles. The maximum Gasteiger partial charge on any atom is 0.0924 e. The number of hydrogen-bond donors (Lipinski definition) is 1. The van der Waals surface area contributed by atoms with E-state index in [0.29, 0.717) is 0 Å². The van der Waals surface area contributed by atoms with E-state index in [1.807, 2.05) is 24.4 Å². The summed E-state index contributed by atoms with van der Waals surface area (Å²) >= 11 is 2.27. The first-order chi connectivity index (χ1) is 7.83. The van der Waals surface area contributed by atoms with Crippen LogP contribution in [0.4, 0.5) is 0 Å². The summed E-state index contributed by atoms with van der Waals surface area (Å²) in [6.45, 7) is 0. The minimum Gasteiger partial charge on any atom is -0.285 e. The highest BCUT2D eigenvalue weighted by molar-refractivity contribution is 14.1. The highest BCUT2D eigenvalue weighted by atomic mass is 127. The van der Waals surface area contributed by atoms with Crippen molar-refractivity contribution in [2.24, 2.45) is 0 Å². The zero-order valence-corrected chi connectivity index (χ0v) is 10.3. The molecule has 0 radical (unpaired) electrons. The zero-order valence-electron chi connectivity index (χ0n) is 8.18. The molecule has 0 unspecified atom stereocenters. The zero-order chi connectivity index (χ0) is 11.0. The predicted octanol–water partition coefficient (Wildman–Crippen LogP) is 2.62. The second-order valence-electron chi connectivity index (χ2n) is 3.38. The van der Waals surface area contributed by atoms with E-state index >= 15 is 0 Å². The normalized spacial score (nSPS) is 10.8. The van der Waals surface area contributed by atoms with Crippen molar-refractivity contribution in [1.82, 2.24) is 20.2 Å². The monoisotopic (exact) mass is 322 g/mol. The minimum atomic E-state index is 0.836. The van der Waals surface area contributed by atoms with E-state index in [0.717, 1.165) is 25.9 Å². The van der Waals surface area contributed by atoms with E-state index < -0.39 is 0 Å². The lowest BCUT2D eigenvalue weighted by atomic mass is 10.2. The Bertz CT molecular complexity index is 634. The summed E-state index contributed by atoms with van der Waals surface area (Å²) in [7, 11) is 0. The highest BCUT2D eigenvalue weighted by Crippen LogP contribution is 2.19. The highest BCUT2D eigenvalue weighted by Gasteiger charge is 2.03. The summed E-state index contributed by atoms with van der Waals surface area (Å²) in [5.41, 5.74) is 3.61. The number of fused-ring (bicyclic) bond motifs is 1. The van der Waals surface area contributed by atoms with Gasteiger partial charge in [-0.3, -0.25) is 10.1 Å². The van der Waals surface area contributed by atoms with E-state index in [1.165, 1.54) is 0 Å². The Morgan fingerprint density at radius 1 is 1.12 bits per heavy atom. The van der Waals surface area contributed by atoms with Crippen LogP contribution in [-0.2, 0) is 0 Å². The fourth-order valence-corrected chi connectivity index (χ4v) is 1.99. The number of nitrogens with one attached hydrogen (secondary N) is 1. The summed E-state index contributed by atoms with van der Waals surface area (Å²) in [5, 5.41) is 6.67. The third kappa shape index (κ3) is 1.67. The van der Waals surface area contributed by atoms with Crippen molar-refractivity contribution in [2.75, 3.05) is 0 Å². The average molecular weight is 322 g/mol. The Morgan fingerprint density at radius 2 is 2.06 bits per heavy atom. The molecule has 2 heterocycles. The molecule has 0 atom stereocenters. The number of halogens is 1. The number of aromatic nitrogens is 4. The molecule has 5 heteroatoms. The maximum absolute atomic E-state index is 4.55. The van der Waals surface area contributed by atoms with Crippen molar-refractivity contribution < 1.29 is 0 Å². The summed E-state index contributed by atoms with van der Waals surface area (Å²) < 4.78 is 1.16. The molecular formula is C11H7IN4. The van der Waals surface area contributed by atoms with Crippen LogP contribution in [0.3, 0.4) is 0 Å². The molecule has 0 fully saturated rings. The number of benzene rings is 1. The first kappa shape index (κ1) is 9.71. The fourth-order valence-electron chi connectivity index (χ4n) is 1.51. The molecule has 3 rings (SSSR count). The number of H-pyrrole nitrogens is 1. The minimum absolute atomic E-state index is 0.836. The molecule has 4 nitrogen and oxygen atoms in total. The van der Waals surface area contributed by atoms with Crippen LogP contribution in [0.5, 0.6) is 0 Å². The summed E-state index contributed by atoms with van der Waals surface area (Å²) in [4.78, 5) is 8.92. The number of nitrogens with zero attached hydrogens (tertiary/aromatic N) is 3. The van der Waals surface area contributed by atoms with Gasteiger partial charge in [0.2, 0.25) is 0 Å². The van der Waals surface area contributed by atoms with Crippen LogP contribution >= 0.6 is 22.6 Å². The topological polar surface area (TPSA) is 54.5 Å². The summed E-state index contributed by atoms with van der Waals surface area (Å²) in [6, 6.07) is 6.02. The van der Waals surface area contributed by atoms with Crippen molar-refractivity contribution in [3.63, 3.8) is 0 Å². The van der Waals surface area contributed by atoms with Crippen molar-refractivity contribution in [3.8, 4) is 11.3 Å². The van der Waals surface area contributed by atoms with Gasteiger partial charge < -0.3 is 0 Å². The molecule has 1 aromatic carbocycles. The second kappa shape index (κ2) is 3.82. The van der Waals surface area contributed by atoms with Gasteiger partial charge in [0, 0.05) is 15.3 Å². The van der Waals surface area contributed by atoms with Gasteiger partial charge in [0.25, 0.3) is 0 Å². The second-order valence-corrected chi connectivity index (χ2v) is 4.62. The van der Waals surface area contributed by atoms with Crippen LogP contribution in [0.15, 0.2) is 36.8 Å². The lowest BCUT2D eigenvalue weighted by molar-refractivity contribution is 1.09. The molecule has 0 aliphatic carbocycles. The van der Waals surface area contributed by atoms with Gasteiger partial charge in [-0.2, -0.15) is 5.10 Å². The van der Waals surface area contributed by atoms with Crippen molar-refractivity contribution >= 4 is 33.6 Å². The van der Waals surface area contributed by atoms with E-state index in [2.05, 4.69) is 42.8 Å². The lowest BCUT2D eigenvalue weighted by Gasteiger charge is -2.00. The van der Waals surface area contributed by atoms with Gasteiger partial charge >= 0.3 is 0 Å². The molecule has 0 aliphatic rings. The first-order valence-corrected chi connectivity index (χ1v) is 5.82. The van der Waals surface area contributed by atoms with Gasteiger partial charge in [-0.05, 0) is 40.8 Å². The maximum atomic E-state index is 4.55. The molecule has 0 aliphatic heterocycles. The van der Waals surface area contributed by atoms with Crippen molar-refractivity contribution in [3.05, 3.63) is 40.4 Å². The van der Waals surface area contributed by atoms with Crippen LogP contribution in [-0.4, -0.2) is 20.2 Å². The van der Waals surface area contributed by atoms with Gasteiger partial charge in [-0.1, -0.05) is 0 Å². The van der Waals surface area contributed by atoms with E-state index in [-0.39, 0.29) is 0 Å². The van der Waals surface area contributed by atoms with E-state index in [9.17, 15) is 0 Å². The van der Waals surface area contributed by atoms with Gasteiger partial charge in [0.1, 0.15) is 0 Å². The number of aromatic amines is 1. The van der Waals surface area contributed by atoms with Crippen LogP contribution < -0.4 is 0 Å². The average Bonchev–Trinajstić information content (AvgIpc) is 2.81. The largest absolute Gasteiger partial charge is 0.285 e. The van der Waals surface area contributed by atoms with E-state index in [4.69, 9.17) is 0 Å². The quantitative estimate of drug-likeness (QED) is 0.701. The standard InChI is InChI=1S/C11H7IN4/c12-8-1-2-9-10(3-8)16-11(6-13-9)7-4-14-15-5-7/h1-6H,(H,14,15). The Kier molecular flexibility index (Phi) is 2.32. The molecule has 0 amide bonds. The molecule has 16 heavy (non-hydrogen) atoms.